The molecular weight excluding hydrogens is 552 g/mol. The molecule has 0 saturated heterocycles. The second-order valence-corrected chi connectivity index (χ2v) is 12.4. The van der Waals surface area contributed by atoms with Crippen LogP contribution in [0.4, 0.5) is 0 Å². The zero-order valence-electron chi connectivity index (χ0n) is 26.3. The van der Waals surface area contributed by atoms with Crippen LogP contribution in [0.1, 0.15) is 81.3 Å². The summed E-state index contributed by atoms with van der Waals surface area (Å²) in [5.74, 6) is 0.889. The number of benzene rings is 3. The Labute approximate surface area is 260 Å². The van der Waals surface area contributed by atoms with Gasteiger partial charge in [-0.1, -0.05) is 77.6 Å². The largest absolute Gasteiger partial charge is 0.494 e. The lowest BCUT2D eigenvalue weighted by molar-refractivity contribution is -0.114. The molecule has 7 heteroatoms. The van der Waals surface area contributed by atoms with Crippen molar-refractivity contribution in [3.05, 3.63) is 95.7 Å². The molecule has 1 amide bonds. The van der Waals surface area contributed by atoms with Gasteiger partial charge in [-0.15, -0.1) is 0 Å². The number of ether oxygens (including phenoxy) is 1. The van der Waals surface area contributed by atoms with Crippen molar-refractivity contribution in [2.24, 2.45) is 0 Å². The van der Waals surface area contributed by atoms with Crippen LogP contribution in [0, 0.1) is 0 Å². The summed E-state index contributed by atoms with van der Waals surface area (Å²) < 4.78 is 11.6. The zero-order chi connectivity index (χ0) is 31.6. The molecule has 0 aliphatic rings. The van der Waals surface area contributed by atoms with Gasteiger partial charge < -0.3 is 24.4 Å². The van der Waals surface area contributed by atoms with E-state index in [4.69, 9.17) is 9.15 Å². The first kappa shape index (κ1) is 32.7. The molecule has 7 nitrogen and oxygen atoms in total. The minimum Gasteiger partial charge on any atom is -0.494 e. The third-order valence-electron chi connectivity index (χ3n) is 7.77. The zero-order valence-corrected chi connectivity index (χ0v) is 26.3. The number of carbonyl (C=O) groups excluding carboxylic acids is 2. The van der Waals surface area contributed by atoms with Crippen LogP contribution in [0.3, 0.4) is 0 Å². The van der Waals surface area contributed by atoms with E-state index in [1.165, 1.54) is 25.7 Å². The fourth-order valence-corrected chi connectivity index (χ4v) is 4.95. The number of aldehydes is 1. The van der Waals surface area contributed by atoms with Crippen molar-refractivity contribution in [3.8, 4) is 28.5 Å². The maximum Gasteiger partial charge on any atom is 0.252 e. The molecule has 0 radical (unpaired) electrons. The van der Waals surface area contributed by atoms with Crippen molar-refractivity contribution >= 4 is 12.2 Å². The summed E-state index contributed by atoms with van der Waals surface area (Å²) in [7, 11) is 0. The Balaban J connectivity index is 1.36. The van der Waals surface area contributed by atoms with Crippen molar-refractivity contribution in [1.29, 1.82) is 0 Å². The molecule has 3 aromatic carbocycles. The van der Waals surface area contributed by atoms with Crippen molar-refractivity contribution in [1.82, 2.24) is 10.3 Å². The summed E-state index contributed by atoms with van der Waals surface area (Å²) in [6, 6.07) is 22.5. The molecular formula is C37H44N2O5. The third kappa shape index (κ3) is 8.66. The maximum absolute atomic E-state index is 13.0. The molecule has 0 saturated carbocycles. The SMILES string of the molecule is CCCCCCCOc1ccc(-c2coc(-c3ccc(C[C@](C=O)(CO)NC(=O)c4ccc(C(C)(C)C)cc4)cc3)n2)cc1. The third-order valence-corrected chi connectivity index (χ3v) is 7.77. The predicted octanol–water partition coefficient (Wildman–Crippen LogP) is 7.56. The van der Waals surface area contributed by atoms with Crippen molar-refractivity contribution in [2.45, 2.75) is 77.2 Å². The smallest absolute Gasteiger partial charge is 0.252 e. The number of carbonyl (C=O) groups is 2. The van der Waals surface area contributed by atoms with E-state index in [0.717, 1.165) is 41.0 Å². The summed E-state index contributed by atoms with van der Waals surface area (Å²) >= 11 is 0. The number of rotatable bonds is 15. The van der Waals surface area contributed by atoms with Crippen molar-refractivity contribution in [3.63, 3.8) is 0 Å². The molecule has 0 spiro atoms. The van der Waals surface area contributed by atoms with E-state index in [0.29, 0.717) is 23.4 Å². The number of aromatic nitrogens is 1. The number of amides is 1. The van der Waals surface area contributed by atoms with Gasteiger partial charge in [0.05, 0.1) is 13.2 Å². The van der Waals surface area contributed by atoms with E-state index >= 15 is 0 Å². The number of aliphatic hydroxyl groups is 1. The van der Waals surface area contributed by atoms with E-state index in [-0.39, 0.29) is 11.8 Å². The Morgan fingerprint density at radius 2 is 1.57 bits per heavy atom. The van der Waals surface area contributed by atoms with E-state index in [1.54, 1.807) is 18.4 Å². The molecule has 0 fully saturated rings. The Morgan fingerprint density at radius 1 is 0.909 bits per heavy atom. The van der Waals surface area contributed by atoms with Crippen LogP contribution in [0.15, 0.2) is 83.5 Å². The molecule has 232 valence electrons. The molecule has 2 N–H and O–H groups in total. The molecule has 0 aliphatic heterocycles. The summed E-state index contributed by atoms with van der Waals surface area (Å²) in [4.78, 5) is 29.8. The fourth-order valence-electron chi connectivity index (χ4n) is 4.95. The monoisotopic (exact) mass is 596 g/mol. The summed E-state index contributed by atoms with van der Waals surface area (Å²) in [5, 5.41) is 12.9. The van der Waals surface area contributed by atoms with E-state index < -0.39 is 18.1 Å². The standard InChI is InChI=1S/C37H44N2O5/c1-5-6-7-8-9-22-43-32-20-16-28(17-21-32)33-24-44-35(38-33)30-12-10-27(11-13-30)23-37(25-40,26-41)39-34(42)29-14-18-31(19-15-29)36(2,3)4/h10-21,24-25,41H,5-9,22-23,26H2,1-4H3,(H,39,42)/t37-/m0/s1. The lowest BCUT2D eigenvalue weighted by Gasteiger charge is -2.27. The highest BCUT2D eigenvalue weighted by atomic mass is 16.5. The van der Waals surface area contributed by atoms with Gasteiger partial charge in [0.25, 0.3) is 5.91 Å². The minimum atomic E-state index is -1.46. The highest BCUT2D eigenvalue weighted by molar-refractivity contribution is 5.96. The normalized spacial score (nSPS) is 12.8. The van der Waals surface area contributed by atoms with Crippen LogP contribution >= 0.6 is 0 Å². The predicted molar refractivity (Wildman–Crippen MR) is 174 cm³/mol. The summed E-state index contributed by atoms with van der Waals surface area (Å²) in [6.07, 6.45) is 8.37. The van der Waals surface area contributed by atoms with E-state index in [9.17, 15) is 14.7 Å². The van der Waals surface area contributed by atoms with Gasteiger partial charge in [-0.2, -0.15) is 0 Å². The van der Waals surface area contributed by atoms with Crippen LogP contribution in [0.5, 0.6) is 5.75 Å². The number of nitrogens with one attached hydrogen (secondary N) is 1. The molecule has 0 unspecified atom stereocenters. The van der Waals surface area contributed by atoms with Gasteiger partial charge in [-0.05, 0) is 71.5 Å². The van der Waals surface area contributed by atoms with Crippen LogP contribution in [-0.4, -0.2) is 41.0 Å². The number of aliphatic hydroxyl groups excluding tert-OH is 1. The van der Waals surface area contributed by atoms with Gasteiger partial charge in [0.2, 0.25) is 5.89 Å². The van der Waals surface area contributed by atoms with Gasteiger partial charge >= 0.3 is 0 Å². The molecule has 4 aromatic rings. The number of nitrogens with zero attached hydrogens (tertiary/aromatic N) is 1. The highest BCUT2D eigenvalue weighted by Crippen LogP contribution is 2.27. The number of hydrogen-bond donors (Lipinski definition) is 2. The van der Waals surface area contributed by atoms with E-state index in [1.807, 2.05) is 60.7 Å². The van der Waals surface area contributed by atoms with Crippen LogP contribution in [0.2, 0.25) is 0 Å². The molecule has 1 heterocycles. The first-order valence-electron chi connectivity index (χ1n) is 15.4. The lowest BCUT2D eigenvalue weighted by atomic mass is 9.86. The minimum absolute atomic E-state index is 0.0424. The Morgan fingerprint density at radius 3 is 2.18 bits per heavy atom. The molecule has 4 rings (SSSR count). The number of oxazole rings is 1. The van der Waals surface area contributed by atoms with E-state index in [2.05, 4.69) is 38.0 Å². The van der Waals surface area contributed by atoms with Crippen molar-refractivity contribution in [2.75, 3.05) is 13.2 Å². The average Bonchev–Trinajstić information content (AvgIpc) is 3.53. The Bertz CT molecular complexity index is 1480. The van der Waals surface area contributed by atoms with Gasteiger partial charge in [0.1, 0.15) is 29.5 Å². The number of hydrogen-bond acceptors (Lipinski definition) is 6. The van der Waals surface area contributed by atoms with Crippen LogP contribution in [-0.2, 0) is 16.6 Å². The molecule has 44 heavy (non-hydrogen) atoms. The second-order valence-electron chi connectivity index (χ2n) is 12.4. The van der Waals surface area contributed by atoms with Gasteiger partial charge in [0.15, 0.2) is 0 Å². The fraction of sp³-hybridized carbons (Fsp3) is 0.378. The maximum atomic E-state index is 13.0. The Hall–Kier alpha value is -4.23. The van der Waals surface area contributed by atoms with Crippen LogP contribution in [0.25, 0.3) is 22.7 Å². The molecule has 0 aliphatic carbocycles. The average molecular weight is 597 g/mol. The lowest BCUT2D eigenvalue weighted by Crippen LogP contribution is -2.54. The van der Waals surface area contributed by atoms with Gasteiger partial charge in [-0.3, -0.25) is 4.79 Å². The summed E-state index contributed by atoms with van der Waals surface area (Å²) in [6.45, 7) is 8.70. The number of unbranched alkanes of at least 4 members (excludes halogenated alkanes) is 4. The molecule has 0 bridgehead atoms. The molecule has 1 atom stereocenters. The van der Waals surface area contributed by atoms with Gasteiger partial charge in [-0.25, -0.2) is 4.98 Å². The quantitative estimate of drug-likeness (QED) is 0.108. The highest BCUT2D eigenvalue weighted by Gasteiger charge is 2.32. The van der Waals surface area contributed by atoms with Gasteiger partial charge in [0, 0.05) is 23.1 Å². The first-order chi connectivity index (χ1) is 21.2. The second kappa shape index (κ2) is 15.0. The molecule has 1 aromatic heterocycles. The first-order valence-corrected chi connectivity index (χ1v) is 15.4. The Kier molecular flexibility index (Phi) is 11.1. The van der Waals surface area contributed by atoms with Crippen LogP contribution < -0.4 is 10.1 Å². The summed E-state index contributed by atoms with van der Waals surface area (Å²) in [5.41, 5.74) is 3.21. The topological polar surface area (TPSA) is 102 Å². The van der Waals surface area contributed by atoms with Crippen molar-refractivity contribution < 1.29 is 23.8 Å².